The van der Waals surface area contributed by atoms with Crippen molar-refractivity contribution in [2.24, 2.45) is 0 Å². The van der Waals surface area contributed by atoms with E-state index in [2.05, 4.69) is 10.4 Å². The zero-order valence-electron chi connectivity index (χ0n) is 12.9. The highest BCUT2D eigenvalue weighted by molar-refractivity contribution is 6.05. The summed E-state index contributed by atoms with van der Waals surface area (Å²) in [6.45, 7) is 6.33. The van der Waals surface area contributed by atoms with Gasteiger partial charge in [0.2, 0.25) is 0 Å². The fourth-order valence-electron chi connectivity index (χ4n) is 2.46. The molecule has 0 radical (unpaired) electrons. The number of carboxylic acid groups (broad SMARTS) is 1. The molecule has 22 heavy (non-hydrogen) atoms. The van der Waals surface area contributed by atoms with Crippen molar-refractivity contribution < 1.29 is 14.7 Å². The Balaban J connectivity index is 2.22. The highest BCUT2D eigenvalue weighted by atomic mass is 16.4. The molecule has 6 nitrogen and oxygen atoms in total. The molecular formula is C16H19N3O3. The normalized spacial score (nSPS) is 10.5. The van der Waals surface area contributed by atoms with Gasteiger partial charge in [-0.1, -0.05) is 12.1 Å². The number of carbonyl (C=O) groups excluding carboxylic acids is 1. The minimum absolute atomic E-state index is 0.0739. The molecule has 0 aliphatic carbocycles. The van der Waals surface area contributed by atoms with Crippen LogP contribution in [0, 0.1) is 13.8 Å². The maximum absolute atomic E-state index is 12.4. The lowest BCUT2D eigenvalue weighted by Crippen LogP contribution is -2.14. The molecule has 2 rings (SSSR count). The van der Waals surface area contributed by atoms with E-state index in [1.54, 1.807) is 35.9 Å². The number of benzene rings is 1. The molecule has 0 unspecified atom stereocenters. The minimum Gasteiger partial charge on any atom is -0.481 e. The van der Waals surface area contributed by atoms with Crippen molar-refractivity contribution in [2.45, 2.75) is 33.7 Å². The molecule has 0 aliphatic rings. The number of hydrogen-bond acceptors (Lipinski definition) is 3. The van der Waals surface area contributed by atoms with Gasteiger partial charge in [0.05, 0.1) is 17.7 Å². The molecule has 0 saturated heterocycles. The summed E-state index contributed by atoms with van der Waals surface area (Å²) in [6, 6.07) is 6.84. The fraction of sp³-hybridized carbons (Fsp3) is 0.312. The van der Waals surface area contributed by atoms with Gasteiger partial charge in [-0.15, -0.1) is 0 Å². The van der Waals surface area contributed by atoms with Crippen molar-refractivity contribution in [3.63, 3.8) is 0 Å². The third-order valence-electron chi connectivity index (χ3n) is 3.45. The first kappa shape index (κ1) is 15.8. The van der Waals surface area contributed by atoms with E-state index in [1.807, 2.05) is 13.8 Å². The standard InChI is InChI=1S/C16H19N3O3/c1-4-19-11(3)15(10(2)18-19)16(22)17-13-7-5-6-12(8-13)9-14(20)21/h5-8H,4,9H2,1-3H3,(H,17,22)(H,20,21). The van der Waals surface area contributed by atoms with Gasteiger partial charge in [-0.3, -0.25) is 14.3 Å². The molecule has 0 aliphatic heterocycles. The van der Waals surface area contributed by atoms with Crippen LogP contribution >= 0.6 is 0 Å². The Morgan fingerprint density at radius 1 is 1.32 bits per heavy atom. The van der Waals surface area contributed by atoms with Gasteiger partial charge in [0.15, 0.2) is 0 Å². The van der Waals surface area contributed by atoms with Crippen LogP contribution in [0.4, 0.5) is 5.69 Å². The molecule has 0 atom stereocenters. The molecule has 1 heterocycles. The van der Waals surface area contributed by atoms with Crippen LogP contribution in [0.5, 0.6) is 0 Å². The van der Waals surface area contributed by atoms with Gasteiger partial charge in [-0.25, -0.2) is 0 Å². The second kappa shape index (κ2) is 6.43. The molecule has 116 valence electrons. The number of aryl methyl sites for hydroxylation is 2. The van der Waals surface area contributed by atoms with Crippen molar-refractivity contribution in [1.29, 1.82) is 0 Å². The van der Waals surface area contributed by atoms with E-state index in [0.29, 0.717) is 29.1 Å². The number of carboxylic acids is 1. The smallest absolute Gasteiger partial charge is 0.307 e. The molecule has 0 fully saturated rings. The maximum atomic E-state index is 12.4. The average molecular weight is 301 g/mol. The summed E-state index contributed by atoms with van der Waals surface area (Å²) in [5.74, 6) is -1.14. The van der Waals surface area contributed by atoms with E-state index in [0.717, 1.165) is 5.69 Å². The van der Waals surface area contributed by atoms with Gasteiger partial charge in [0.1, 0.15) is 0 Å². The summed E-state index contributed by atoms with van der Waals surface area (Å²) >= 11 is 0. The van der Waals surface area contributed by atoms with Crippen LogP contribution in [-0.4, -0.2) is 26.8 Å². The van der Waals surface area contributed by atoms with Crippen LogP contribution in [0.25, 0.3) is 0 Å². The summed E-state index contributed by atoms with van der Waals surface area (Å²) in [6.07, 6.45) is -0.0739. The average Bonchev–Trinajstić information content (AvgIpc) is 2.72. The predicted octanol–water partition coefficient (Wildman–Crippen LogP) is 2.40. The number of aliphatic carboxylic acids is 1. The lowest BCUT2D eigenvalue weighted by molar-refractivity contribution is -0.136. The Morgan fingerprint density at radius 3 is 2.64 bits per heavy atom. The summed E-state index contributed by atoms with van der Waals surface area (Å²) < 4.78 is 1.78. The highest BCUT2D eigenvalue weighted by Gasteiger charge is 2.18. The van der Waals surface area contributed by atoms with Crippen LogP contribution in [-0.2, 0) is 17.8 Å². The largest absolute Gasteiger partial charge is 0.481 e. The van der Waals surface area contributed by atoms with E-state index in [1.165, 1.54) is 0 Å². The van der Waals surface area contributed by atoms with Gasteiger partial charge in [-0.2, -0.15) is 5.10 Å². The summed E-state index contributed by atoms with van der Waals surface area (Å²) in [5.41, 5.74) is 3.28. The van der Waals surface area contributed by atoms with Crippen molar-refractivity contribution in [1.82, 2.24) is 9.78 Å². The zero-order valence-corrected chi connectivity index (χ0v) is 12.9. The first-order chi connectivity index (χ1) is 10.4. The molecule has 1 amide bonds. The minimum atomic E-state index is -0.903. The molecule has 2 N–H and O–H groups in total. The first-order valence-electron chi connectivity index (χ1n) is 7.08. The molecule has 0 saturated carbocycles. The van der Waals surface area contributed by atoms with E-state index in [4.69, 9.17) is 5.11 Å². The number of nitrogens with zero attached hydrogens (tertiary/aromatic N) is 2. The van der Waals surface area contributed by atoms with Crippen LogP contribution < -0.4 is 5.32 Å². The Bertz CT molecular complexity index is 719. The second-order valence-corrected chi connectivity index (χ2v) is 5.09. The Morgan fingerprint density at radius 2 is 2.05 bits per heavy atom. The second-order valence-electron chi connectivity index (χ2n) is 5.09. The molecule has 0 spiro atoms. The van der Waals surface area contributed by atoms with Crippen LogP contribution in [0.1, 0.15) is 34.2 Å². The summed E-state index contributed by atoms with van der Waals surface area (Å²) in [7, 11) is 0. The highest BCUT2D eigenvalue weighted by Crippen LogP contribution is 2.17. The number of hydrogen-bond donors (Lipinski definition) is 2. The maximum Gasteiger partial charge on any atom is 0.307 e. The molecule has 1 aromatic heterocycles. The van der Waals surface area contributed by atoms with E-state index >= 15 is 0 Å². The Hall–Kier alpha value is -2.63. The molecule has 1 aromatic carbocycles. The zero-order chi connectivity index (χ0) is 16.3. The third-order valence-corrected chi connectivity index (χ3v) is 3.45. The molecule has 2 aromatic rings. The Kier molecular flexibility index (Phi) is 4.60. The monoisotopic (exact) mass is 301 g/mol. The molecular weight excluding hydrogens is 282 g/mol. The third kappa shape index (κ3) is 3.33. The summed E-state index contributed by atoms with van der Waals surface area (Å²) in [5, 5.41) is 16.0. The first-order valence-corrected chi connectivity index (χ1v) is 7.08. The van der Waals surface area contributed by atoms with Crippen LogP contribution in [0.3, 0.4) is 0 Å². The Labute approximate surface area is 128 Å². The SMILES string of the molecule is CCn1nc(C)c(C(=O)Nc2cccc(CC(=O)O)c2)c1C. The van der Waals surface area contributed by atoms with Crippen molar-refractivity contribution >= 4 is 17.6 Å². The number of amides is 1. The van der Waals surface area contributed by atoms with E-state index in [9.17, 15) is 9.59 Å². The quantitative estimate of drug-likeness (QED) is 0.888. The van der Waals surface area contributed by atoms with Crippen LogP contribution in [0.15, 0.2) is 24.3 Å². The molecule has 6 heteroatoms. The van der Waals surface area contributed by atoms with Crippen molar-refractivity contribution in [3.8, 4) is 0 Å². The van der Waals surface area contributed by atoms with E-state index < -0.39 is 5.97 Å². The number of anilines is 1. The lowest BCUT2D eigenvalue weighted by Gasteiger charge is -2.07. The predicted molar refractivity (Wildman–Crippen MR) is 83.1 cm³/mol. The van der Waals surface area contributed by atoms with Gasteiger partial charge >= 0.3 is 5.97 Å². The number of nitrogens with one attached hydrogen (secondary N) is 1. The van der Waals surface area contributed by atoms with Crippen molar-refractivity contribution in [3.05, 3.63) is 46.8 Å². The van der Waals surface area contributed by atoms with Gasteiger partial charge in [-0.05, 0) is 38.5 Å². The van der Waals surface area contributed by atoms with Crippen molar-refractivity contribution in [2.75, 3.05) is 5.32 Å². The number of aromatic nitrogens is 2. The van der Waals surface area contributed by atoms with Crippen LogP contribution in [0.2, 0.25) is 0 Å². The number of carbonyl (C=O) groups is 2. The van der Waals surface area contributed by atoms with Gasteiger partial charge < -0.3 is 10.4 Å². The lowest BCUT2D eigenvalue weighted by atomic mass is 10.1. The molecule has 0 bridgehead atoms. The fourth-order valence-corrected chi connectivity index (χ4v) is 2.46. The summed E-state index contributed by atoms with van der Waals surface area (Å²) in [4.78, 5) is 23.2. The van der Waals surface area contributed by atoms with E-state index in [-0.39, 0.29) is 12.3 Å². The topological polar surface area (TPSA) is 84.2 Å². The number of rotatable bonds is 5. The van der Waals surface area contributed by atoms with Gasteiger partial charge in [0.25, 0.3) is 5.91 Å². The van der Waals surface area contributed by atoms with Gasteiger partial charge in [0, 0.05) is 17.9 Å².